The molecule has 6 heteroatoms. The molecule has 0 saturated carbocycles. The summed E-state index contributed by atoms with van der Waals surface area (Å²) in [5.74, 6) is -0.269. The van der Waals surface area contributed by atoms with Gasteiger partial charge in [-0.15, -0.1) is 0 Å². The van der Waals surface area contributed by atoms with Crippen molar-refractivity contribution in [2.45, 2.75) is 25.8 Å². The minimum absolute atomic E-state index is 0.0432. The van der Waals surface area contributed by atoms with Gasteiger partial charge in [0, 0.05) is 12.6 Å². The first kappa shape index (κ1) is 13.4. The summed E-state index contributed by atoms with van der Waals surface area (Å²) in [4.78, 5) is 14.4. The van der Waals surface area contributed by atoms with Gasteiger partial charge in [-0.3, -0.25) is 4.79 Å². The molecule has 0 saturated heterocycles. The Hall–Kier alpha value is -0.710. The molecule has 0 aromatic carbocycles. The van der Waals surface area contributed by atoms with Crippen LogP contribution in [0.1, 0.15) is 30.3 Å². The molecule has 0 aliphatic heterocycles. The van der Waals surface area contributed by atoms with Gasteiger partial charge in [0.05, 0.1) is 5.02 Å². The molecule has 90 valence electrons. The monoisotopic (exact) mass is 264 g/mol. The molecule has 1 heterocycles. The molecule has 1 rings (SSSR count). The number of nitrogens with one attached hydrogen (secondary N) is 2. The third kappa shape index (κ3) is 3.40. The van der Waals surface area contributed by atoms with E-state index in [4.69, 9.17) is 28.3 Å². The van der Waals surface area contributed by atoms with E-state index in [9.17, 15) is 4.79 Å². The number of aromatic amines is 1. The Morgan fingerprint density at radius 1 is 1.62 bits per heavy atom. The average Bonchev–Trinajstić information content (AvgIpc) is 2.58. The van der Waals surface area contributed by atoms with E-state index in [0.29, 0.717) is 17.1 Å². The van der Waals surface area contributed by atoms with Gasteiger partial charge in [0.1, 0.15) is 10.8 Å². The highest BCUT2D eigenvalue weighted by Gasteiger charge is 2.14. The third-order valence-corrected chi connectivity index (χ3v) is 2.97. The number of halogens is 2. The molecule has 1 aromatic rings. The lowest BCUT2D eigenvalue weighted by atomic mass is 10.1. The van der Waals surface area contributed by atoms with Crippen molar-refractivity contribution in [3.05, 3.63) is 21.9 Å². The van der Waals surface area contributed by atoms with Gasteiger partial charge in [0.15, 0.2) is 0 Å². The number of hydrogen-bond donors (Lipinski definition) is 3. The Kier molecular flexibility index (Phi) is 5.12. The summed E-state index contributed by atoms with van der Waals surface area (Å²) in [5, 5.41) is 12.1. The molecule has 16 heavy (non-hydrogen) atoms. The number of carbonyl (C=O) groups excluding carboxylic acids is 1. The summed E-state index contributed by atoms with van der Waals surface area (Å²) in [6.45, 7) is 1.99. The Labute approximate surface area is 104 Å². The normalized spacial score (nSPS) is 12.5. The maximum absolute atomic E-state index is 11.7. The summed E-state index contributed by atoms with van der Waals surface area (Å²) in [7, 11) is 0. The van der Waals surface area contributed by atoms with Crippen LogP contribution in [0.15, 0.2) is 6.07 Å². The van der Waals surface area contributed by atoms with Crippen molar-refractivity contribution in [1.29, 1.82) is 0 Å². The van der Waals surface area contributed by atoms with Crippen LogP contribution in [-0.2, 0) is 0 Å². The molecule has 0 fully saturated rings. The van der Waals surface area contributed by atoms with Gasteiger partial charge in [-0.1, -0.05) is 30.1 Å². The molecule has 0 radical (unpaired) electrons. The third-order valence-electron chi connectivity index (χ3n) is 2.28. The van der Waals surface area contributed by atoms with Gasteiger partial charge < -0.3 is 15.4 Å². The van der Waals surface area contributed by atoms with Gasteiger partial charge in [-0.05, 0) is 18.9 Å². The Morgan fingerprint density at radius 3 is 2.75 bits per heavy atom. The van der Waals surface area contributed by atoms with Crippen LogP contribution < -0.4 is 5.32 Å². The Bertz CT molecular complexity index is 346. The van der Waals surface area contributed by atoms with Crippen molar-refractivity contribution in [3.8, 4) is 0 Å². The zero-order chi connectivity index (χ0) is 12.1. The standard InChI is InChI=1S/C10H14Cl2N2O2/c1-2-6(3-4-15)13-10(16)8-5-7(11)9(12)14-8/h5-6,14-15H,2-4H2,1H3,(H,13,16). The molecule has 1 aromatic heterocycles. The smallest absolute Gasteiger partial charge is 0.268 e. The fraction of sp³-hybridized carbons (Fsp3) is 0.500. The summed E-state index contributed by atoms with van der Waals surface area (Å²) >= 11 is 11.4. The second-order valence-electron chi connectivity index (χ2n) is 3.44. The number of carbonyl (C=O) groups is 1. The van der Waals surface area contributed by atoms with E-state index in [1.165, 1.54) is 6.07 Å². The Balaban J connectivity index is 2.64. The van der Waals surface area contributed by atoms with Crippen LogP contribution in [0.4, 0.5) is 0 Å². The van der Waals surface area contributed by atoms with Crippen LogP contribution in [-0.4, -0.2) is 28.6 Å². The van der Waals surface area contributed by atoms with E-state index in [-0.39, 0.29) is 23.7 Å². The molecule has 0 aliphatic rings. The molecule has 0 spiro atoms. The highest BCUT2D eigenvalue weighted by molar-refractivity contribution is 6.41. The van der Waals surface area contributed by atoms with Gasteiger partial charge in [-0.25, -0.2) is 0 Å². The van der Waals surface area contributed by atoms with E-state index < -0.39 is 0 Å². The summed E-state index contributed by atoms with van der Waals surface area (Å²) < 4.78 is 0. The van der Waals surface area contributed by atoms with Crippen LogP contribution in [0, 0.1) is 0 Å². The lowest BCUT2D eigenvalue weighted by Crippen LogP contribution is -2.35. The number of rotatable bonds is 5. The van der Waals surface area contributed by atoms with Crippen molar-refractivity contribution in [1.82, 2.24) is 10.3 Å². The largest absolute Gasteiger partial charge is 0.396 e. The topological polar surface area (TPSA) is 65.1 Å². The van der Waals surface area contributed by atoms with E-state index in [1.54, 1.807) is 0 Å². The minimum atomic E-state index is -0.269. The first-order chi connectivity index (χ1) is 7.58. The van der Waals surface area contributed by atoms with Crippen LogP contribution in [0.5, 0.6) is 0 Å². The summed E-state index contributed by atoms with van der Waals surface area (Å²) in [6.07, 6.45) is 1.29. The molecule has 1 atom stereocenters. The van der Waals surface area contributed by atoms with Crippen molar-refractivity contribution in [2.24, 2.45) is 0 Å². The predicted molar refractivity (Wildman–Crippen MR) is 64.1 cm³/mol. The van der Waals surface area contributed by atoms with Crippen molar-refractivity contribution < 1.29 is 9.90 Å². The molecule has 1 unspecified atom stereocenters. The number of aliphatic hydroxyl groups excluding tert-OH is 1. The SMILES string of the molecule is CCC(CCO)NC(=O)c1cc(Cl)c(Cl)[nH]1. The maximum atomic E-state index is 11.7. The molecule has 4 nitrogen and oxygen atoms in total. The van der Waals surface area contributed by atoms with Crippen LogP contribution in [0.3, 0.4) is 0 Å². The van der Waals surface area contributed by atoms with Crippen molar-refractivity contribution >= 4 is 29.1 Å². The van der Waals surface area contributed by atoms with Crippen LogP contribution in [0.25, 0.3) is 0 Å². The zero-order valence-corrected chi connectivity index (χ0v) is 10.4. The predicted octanol–water partition coefficient (Wildman–Crippen LogP) is 2.21. The first-order valence-corrected chi connectivity index (χ1v) is 5.79. The number of aliphatic hydroxyl groups is 1. The number of amides is 1. The summed E-state index contributed by atoms with van der Waals surface area (Å²) in [6, 6.07) is 1.43. The van der Waals surface area contributed by atoms with E-state index in [2.05, 4.69) is 10.3 Å². The van der Waals surface area contributed by atoms with E-state index in [1.807, 2.05) is 6.92 Å². The molecular weight excluding hydrogens is 251 g/mol. The van der Waals surface area contributed by atoms with E-state index in [0.717, 1.165) is 6.42 Å². The average molecular weight is 265 g/mol. The quantitative estimate of drug-likeness (QED) is 0.764. The Morgan fingerprint density at radius 2 is 2.31 bits per heavy atom. The second-order valence-corrected chi connectivity index (χ2v) is 4.22. The highest BCUT2D eigenvalue weighted by atomic mass is 35.5. The zero-order valence-electron chi connectivity index (χ0n) is 8.89. The van der Waals surface area contributed by atoms with Crippen LogP contribution >= 0.6 is 23.2 Å². The van der Waals surface area contributed by atoms with Crippen molar-refractivity contribution in [2.75, 3.05) is 6.61 Å². The highest BCUT2D eigenvalue weighted by Crippen LogP contribution is 2.21. The summed E-state index contributed by atoms with van der Waals surface area (Å²) in [5.41, 5.74) is 0.325. The fourth-order valence-electron chi connectivity index (χ4n) is 1.32. The van der Waals surface area contributed by atoms with Crippen LogP contribution in [0.2, 0.25) is 10.2 Å². The lowest BCUT2D eigenvalue weighted by molar-refractivity contribution is 0.0924. The fourth-order valence-corrected chi connectivity index (χ4v) is 1.64. The van der Waals surface area contributed by atoms with Gasteiger partial charge in [-0.2, -0.15) is 0 Å². The van der Waals surface area contributed by atoms with Crippen molar-refractivity contribution in [3.63, 3.8) is 0 Å². The lowest BCUT2D eigenvalue weighted by Gasteiger charge is -2.14. The first-order valence-electron chi connectivity index (χ1n) is 5.04. The molecule has 0 bridgehead atoms. The second kappa shape index (κ2) is 6.13. The number of H-pyrrole nitrogens is 1. The minimum Gasteiger partial charge on any atom is -0.396 e. The molecule has 3 N–H and O–H groups in total. The molecular formula is C10H14Cl2N2O2. The van der Waals surface area contributed by atoms with E-state index >= 15 is 0 Å². The van der Waals surface area contributed by atoms with Gasteiger partial charge in [0.2, 0.25) is 0 Å². The number of hydrogen-bond acceptors (Lipinski definition) is 2. The molecule has 0 aliphatic carbocycles. The maximum Gasteiger partial charge on any atom is 0.268 e. The van der Waals surface area contributed by atoms with Gasteiger partial charge in [0.25, 0.3) is 5.91 Å². The van der Waals surface area contributed by atoms with Gasteiger partial charge >= 0.3 is 0 Å². The number of aromatic nitrogens is 1. The molecule has 1 amide bonds.